The molecule has 3 rings (SSSR count). The highest BCUT2D eigenvalue weighted by Crippen LogP contribution is 2.29. The van der Waals surface area contributed by atoms with E-state index in [2.05, 4.69) is 10.6 Å². The zero-order chi connectivity index (χ0) is 19.7. The molecule has 0 aromatic heterocycles. The van der Waals surface area contributed by atoms with Crippen molar-refractivity contribution in [2.24, 2.45) is 0 Å². The van der Waals surface area contributed by atoms with Crippen molar-refractivity contribution >= 4 is 27.3 Å². The monoisotopic (exact) mass is 393 g/mol. The van der Waals surface area contributed by atoms with Gasteiger partial charge in [-0.1, -0.05) is 12.1 Å². The van der Waals surface area contributed by atoms with Crippen molar-refractivity contribution in [3.05, 3.63) is 29.8 Å². The minimum atomic E-state index is -3.53. The van der Waals surface area contributed by atoms with Crippen LogP contribution in [0.5, 0.6) is 0 Å². The summed E-state index contributed by atoms with van der Waals surface area (Å²) in [6.07, 6.45) is 3.15. The lowest BCUT2D eigenvalue weighted by atomic mass is 9.95. The molecule has 0 saturated carbocycles. The lowest BCUT2D eigenvalue weighted by molar-refractivity contribution is -0.125. The number of sulfone groups is 1. The zero-order valence-electron chi connectivity index (χ0n) is 15.8. The summed E-state index contributed by atoms with van der Waals surface area (Å²) in [5, 5.41) is 6.00. The molecule has 2 aliphatic rings. The Bertz CT molecular complexity index is 814. The molecule has 2 aliphatic heterocycles. The first-order chi connectivity index (χ1) is 12.7. The fraction of sp³-hybridized carbons (Fsp3) is 0.579. The van der Waals surface area contributed by atoms with Gasteiger partial charge < -0.3 is 15.5 Å². The number of hydrogen-bond acceptors (Lipinski definition) is 5. The van der Waals surface area contributed by atoms with E-state index in [4.69, 9.17) is 0 Å². The minimum Gasteiger partial charge on any atom is -0.348 e. The summed E-state index contributed by atoms with van der Waals surface area (Å²) in [4.78, 5) is 26.5. The second-order valence-electron chi connectivity index (χ2n) is 7.45. The van der Waals surface area contributed by atoms with E-state index in [1.165, 1.54) is 0 Å². The highest BCUT2D eigenvalue weighted by atomic mass is 32.2. The number of nitrogens with one attached hydrogen (secondary N) is 2. The third-order valence-corrected chi connectivity index (χ3v) is 7.67. The summed E-state index contributed by atoms with van der Waals surface area (Å²) in [6, 6.07) is 7.17. The summed E-state index contributed by atoms with van der Waals surface area (Å²) in [7, 11) is -3.53. The van der Waals surface area contributed by atoms with Crippen LogP contribution < -0.4 is 15.5 Å². The van der Waals surface area contributed by atoms with Gasteiger partial charge in [0.05, 0.1) is 6.04 Å². The number of hydrogen-bond donors (Lipinski definition) is 2. The number of anilines is 1. The van der Waals surface area contributed by atoms with Gasteiger partial charge in [0.2, 0.25) is 11.8 Å². The molecule has 7 nitrogen and oxygen atoms in total. The summed E-state index contributed by atoms with van der Waals surface area (Å²) >= 11 is 0. The van der Waals surface area contributed by atoms with Crippen LogP contribution >= 0.6 is 0 Å². The predicted octanol–water partition coefficient (Wildman–Crippen LogP) is 1.16. The number of nitrogens with zero attached hydrogens (tertiary/aromatic N) is 1. The smallest absolute Gasteiger partial charge is 0.242 e. The van der Waals surface area contributed by atoms with Crippen LogP contribution in [0.15, 0.2) is 24.3 Å². The molecule has 2 saturated heterocycles. The summed E-state index contributed by atoms with van der Waals surface area (Å²) < 4.78 is 23.4. The van der Waals surface area contributed by atoms with E-state index in [-0.39, 0.29) is 24.8 Å². The Labute approximate surface area is 160 Å². The fourth-order valence-corrected chi connectivity index (χ4v) is 5.21. The molecule has 1 aromatic rings. The maximum Gasteiger partial charge on any atom is 0.242 e. The van der Waals surface area contributed by atoms with Gasteiger partial charge in [-0.25, -0.2) is 8.42 Å². The second kappa shape index (κ2) is 7.59. The molecule has 2 N–H and O–H groups in total. The normalized spacial score (nSPS) is 21.1. The Hall–Kier alpha value is -1.93. The molecule has 1 atom stereocenters. The van der Waals surface area contributed by atoms with Crippen molar-refractivity contribution < 1.29 is 18.0 Å². The number of piperidine rings is 1. The Morgan fingerprint density at radius 3 is 2.37 bits per heavy atom. The Balaban J connectivity index is 1.73. The van der Waals surface area contributed by atoms with Gasteiger partial charge in [-0.15, -0.1) is 0 Å². The maximum absolute atomic E-state index is 12.9. The second-order valence-corrected chi connectivity index (χ2v) is 9.78. The van der Waals surface area contributed by atoms with Crippen molar-refractivity contribution in [2.75, 3.05) is 30.8 Å². The van der Waals surface area contributed by atoms with Gasteiger partial charge in [-0.05, 0) is 57.0 Å². The van der Waals surface area contributed by atoms with Gasteiger partial charge in [-0.3, -0.25) is 9.59 Å². The standard InChI is InChI=1S/C19H27N3O4S/c1-14(15-5-7-16(8-6-15)22-13-3-4-17(22)23)21-18(24)19(27(2,25)26)9-11-20-12-10-19/h5-8,14,20H,3-4,9-13H2,1-2H3,(H,21,24). The van der Waals surface area contributed by atoms with Gasteiger partial charge in [0.1, 0.15) is 0 Å². The van der Waals surface area contributed by atoms with Gasteiger partial charge in [0.25, 0.3) is 0 Å². The number of carbonyl (C=O) groups is 2. The van der Waals surface area contributed by atoms with Gasteiger partial charge in [0.15, 0.2) is 14.6 Å². The number of amides is 2. The lowest BCUT2D eigenvalue weighted by Crippen LogP contribution is -2.57. The van der Waals surface area contributed by atoms with E-state index in [1.54, 1.807) is 4.90 Å². The number of carbonyl (C=O) groups excluding carboxylic acids is 2. The molecule has 8 heteroatoms. The van der Waals surface area contributed by atoms with Crippen LogP contribution in [-0.4, -0.2) is 50.9 Å². The molecule has 2 heterocycles. The third-order valence-electron chi connectivity index (χ3n) is 5.66. The number of benzene rings is 1. The minimum absolute atomic E-state index is 0.130. The van der Waals surface area contributed by atoms with Crippen LogP contribution in [0.2, 0.25) is 0 Å². The van der Waals surface area contributed by atoms with E-state index >= 15 is 0 Å². The molecule has 2 amide bonds. The van der Waals surface area contributed by atoms with Gasteiger partial charge in [0, 0.05) is 24.9 Å². The summed E-state index contributed by atoms with van der Waals surface area (Å²) in [5.41, 5.74) is 1.72. The topological polar surface area (TPSA) is 95.6 Å². The van der Waals surface area contributed by atoms with Crippen LogP contribution in [0.1, 0.15) is 44.2 Å². The summed E-state index contributed by atoms with van der Waals surface area (Å²) in [5.74, 6) is -0.303. The molecule has 1 aromatic carbocycles. The van der Waals surface area contributed by atoms with Crippen molar-refractivity contribution in [3.8, 4) is 0 Å². The first kappa shape index (κ1) is 19.8. The Morgan fingerprint density at radius 2 is 1.85 bits per heavy atom. The van der Waals surface area contributed by atoms with Crippen molar-refractivity contribution in [2.45, 2.75) is 43.4 Å². The molecular weight excluding hydrogens is 366 g/mol. The average molecular weight is 394 g/mol. The number of rotatable bonds is 5. The van der Waals surface area contributed by atoms with Crippen molar-refractivity contribution in [1.29, 1.82) is 0 Å². The molecule has 0 bridgehead atoms. The van der Waals surface area contributed by atoms with Gasteiger partial charge >= 0.3 is 0 Å². The Kier molecular flexibility index (Phi) is 5.58. The largest absolute Gasteiger partial charge is 0.348 e. The van der Waals surface area contributed by atoms with Gasteiger partial charge in [-0.2, -0.15) is 0 Å². The molecule has 27 heavy (non-hydrogen) atoms. The molecule has 0 radical (unpaired) electrons. The van der Waals surface area contributed by atoms with Crippen LogP contribution in [-0.2, 0) is 19.4 Å². The first-order valence-corrected chi connectivity index (χ1v) is 11.3. The van der Waals surface area contributed by atoms with Crippen LogP contribution in [0, 0.1) is 0 Å². The van der Waals surface area contributed by atoms with E-state index < -0.39 is 20.5 Å². The van der Waals surface area contributed by atoms with E-state index in [0.29, 0.717) is 19.5 Å². The lowest BCUT2D eigenvalue weighted by Gasteiger charge is -2.35. The summed E-state index contributed by atoms with van der Waals surface area (Å²) in [6.45, 7) is 3.58. The Morgan fingerprint density at radius 1 is 1.22 bits per heavy atom. The van der Waals surface area contributed by atoms with E-state index in [1.807, 2.05) is 31.2 Å². The predicted molar refractivity (Wildman–Crippen MR) is 104 cm³/mol. The van der Waals surface area contributed by atoms with E-state index in [0.717, 1.165) is 30.5 Å². The maximum atomic E-state index is 12.9. The molecule has 0 spiro atoms. The van der Waals surface area contributed by atoms with Crippen LogP contribution in [0.3, 0.4) is 0 Å². The first-order valence-electron chi connectivity index (χ1n) is 9.36. The van der Waals surface area contributed by atoms with Crippen molar-refractivity contribution in [1.82, 2.24) is 10.6 Å². The fourth-order valence-electron chi connectivity index (χ4n) is 3.87. The highest BCUT2D eigenvalue weighted by molar-refractivity contribution is 7.92. The average Bonchev–Trinajstić information content (AvgIpc) is 3.07. The molecule has 2 fully saturated rings. The van der Waals surface area contributed by atoms with Crippen molar-refractivity contribution in [3.63, 3.8) is 0 Å². The molecule has 0 aliphatic carbocycles. The third kappa shape index (κ3) is 3.87. The molecular formula is C19H27N3O4S. The molecule has 1 unspecified atom stereocenters. The van der Waals surface area contributed by atoms with E-state index in [9.17, 15) is 18.0 Å². The molecule has 148 valence electrons. The zero-order valence-corrected chi connectivity index (χ0v) is 16.6. The highest BCUT2D eigenvalue weighted by Gasteiger charge is 2.48. The van der Waals surface area contributed by atoms with Crippen LogP contribution in [0.4, 0.5) is 5.69 Å². The van der Waals surface area contributed by atoms with Crippen LogP contribution in [0.25, 0.3) is 0 Å². The quantitative estimate of drug-likeness (QED) is 0.783. The SMILES string of the molecule is CC(NC(=O)C1(S(C)(=O)=O)CCNCC1)c1ccc(N2CCCC2=O)cc1.